The van der Waals surface area contributed by atoms with Crippen LogP contribution in [0, 0.1) is 6.92 Å². The number of hydrogen-bond donors (Lipinski definition) is 0. The van der Waals surface area contributed by atoms with Crippen LogP contribution < -0.4 is 0 Å². The molecule has 4 rings (SSSR count). The van der Waals surface area contributed by atoms with Crippen LogP contribution in [-0.2, 0) is 16.4 Å². The normalized spacial score (nSPS) is 17.7. The van der Waals surface area contributed by atoms with Gasteiger partial charge in [0.1, 0.15) is 0 Å². The first-order valence-electron chi connectivity index (χ1n) is 8.78. The first-order valence-corrected chi connectivity index (χ1v) is 10.2. The van der Waals surface area contributed by atoms with E-state index in [1.165, 1.54) is 5.56 Å². The monoisotopic (exact) mass is 363 g/mol. The minimum absolute atomic E-state index is 0.299. The van der Waals surface area contributed by atoms with Gasteiger partial charge in [0.05, 0.1) is 10.9 Å². The van der Waals surface area contributed by atoms with E-state index in [-0.39, 0.29) is 6.04 Å². The Bertz CT molecular complexity index is 1010. The van der Waals surface area contributed by atoms with Gasteiger partial charge in [-0.05, 0) is 42.2 Å². The van der Waals surface area contributed by atoms with Gasteiger partial charge in [0, 0.05) is 6.54 Å². The summed E-state index contributed by atoms with van der Waals surface area (Å²) in [4.78, 5) is 0.350. The summed E-state index contributed by atoms with van der Waals surface area (Å²) >= 11 is 0. The van der Waals surface area contributed by atoms with E-state index < -0.39 is 10.0 Å². The van der Waals surface area contributed by atoms with Crippen LogP contribution in [0.1, 0.15) is 28.3 Å². The van der Waals surface area contributed by atoms with E-state index in [2.05, 4.69) is 6.07 Å². The molecule has 3 nitrogen and oxygen atoms in total. The van der Waals surface area contributed by atoms with Gasteiger partial charge in [-0.3, -0.25) is 0 Å². The average Bonchev–Trinajstić information content (AvgIpc) is 2.68. The molecule has 1 atom stereocenters. The summed E-state index contributed by atoms with van der Waals surface area (Å²) in [5.74, 6) is 0. The summed E-state index contributed by atoms with van der Waals surface area (Å²) in [7, 11) is -3.59. The van der Waals surface area contributed by atoms with E-state index >= 15 is 0 Å². The summed E-state index contributed by atoms with van der Waals surface area (Å²) in [5, 5.41) is 0. The highest BCUT2D eigenvalue weighted by atomic mass is 32.2. The van der Waals surface area contributed by atoms with Crippen LogP contribution in [0.5, 0.6) is 0 Å². The van der Waals surface area contributed by atoms with Crippen molar-refractivity contribution >= 4 is 10.0 Å². The number of sulfonamides is 1. The Kier molecular flexibility index (Phi) is 4.39. The second kappa shape index (κ2) is 6.71. The summed E-state index contributed by atoms with van der Waals surface area (Å²) in [6, 6.07) is 24.8. The van der Waals surface area contributed by atoms with Crippen molar-refractivity contribution in [2.45, 2.75) is 24.3 Å². The Morgan fingerprint density at radius 1 is 0.846 bits per heavy atom. The molecule has 26 heavy (non-hydrogen) atoms. The van der Waals surface area contributed by atoms with Crippen LogP contribution in [-0.4, -0.2) is 19.3 Å². The smallest absolute Gasteiger partial charge is 0.207 e. The maximum Gasteiger partial charge on any atom is 0.243 e. The van der Waals surface area contributed by atoms with Gasteiger partial charge in [-0.1, -0.05) is 72.3 Å². The van der Waals surface area contributed by atoms with Crippen LogP contribution in [0.4, 0.5) is 0 Å². The van der Waals surface area contributed by atoms with Crippen molar-refractivity contribution in [2.75, 3.05) is 6.54 Å². The van der Waals surface area contributed by atoms with Gasteiger partial charge in [-0.25, -0.2) is 8.42 Å². The van der Waals surface area contributed by atoms with E-state index in [4.69, 9.17) is 0 Å². The fraction of sp³-hybridized carbons (Fsp3) is 0.182. The number of nitrogens with zero attached hydrogens (tertiary/aromatic N) is 1. The first kappa shape index (κ1) is 17.0. The van der Waals surface area contributed by atoms with Crippen LogP contribution in [0.3, 0.4) is 0 Å². The molecule has 0 radical (unpaired) electrons. The molecule has 1 aliphatic rings. The molecule has 0 amide bonds. The number of aryl methyl sites for hydroxylation is 1. The molecule has 3 aromatic rings. The molecule has 0 bridgehead atoms. The molecule has 132 valence electrons. The van der Waals surface area contributed by atoms with Gasteiger partial charge in [-0.15, -0.1) is 0 Å². The zero-order valence-electron chi connectivity index (χ0n) is 14.7. The number of hydrogen-bond acceptors (Lipinski definition) is 2. The largest absolute Gasteiger partial charge is 0.243 e. The molecule has 1 heterocycles. The second-order valence-corrected chi connectivity index (χ2v) is 8.58. The third-order valence-corrected chi connectivity index (χ3v) is 6.86. The van der Waals surface area contributed by atoms with Crippen molar-refractivity contribution < 1.29 is 8.42 Å². The molecule has 0 aromatic heterocycles. The average molecular weight is 363 g/mol. The van der Waals surface area contributed by atoms with Gasteiger partial charge in [0.25, 0.3) is 0 Å². The summed E-state index contributed by atoms with van der Waals surface area (Å²) in [6.45, 7) is 2.44. The van der Waals surface area contributed by atoms with Gasteiger partial charge >= 0.3 is 0 Å². The van der Waals surface area contributed by atoms with Gasteiger partial charge < -0.3 is 0 Å². The molecular formula is C22H21NO2S. The second-order valence-electron chi connectivity index (χ2n) is 6.69. The lowest BCUT2D eigenvalue weighted by Gasteiger charge is -2.36. The molecule has 0 spiro atoms. The third kappa shape index (κ3) is 2.96. The quantitative estimate of drug-likeness (QED) is 0.694. The zero-order valence-corrected chi connectivity index (χ0v) is 15.5. The van der Waals surface area contributed by atoms with Crippen LogP contribution in [0.15, 0.2) is 83.8 Å². The summed E-state index contributed by atoms with van der Waals surface area (Å²) < 4.78 is 28.5. The van der Waals surface area contributed by atoms with Gasteiger partial charge in [0.15, 0.2) is 0 Å². The fourth-order valence-electron chi connectivity index (χ4n) is 3.63. The molecule has 4 heteroatoms. The first-order chi connectivity index (χ1) is 12.6. The third-order valence-electron chi connectivity index (χ3n) is 4.98. The van der Waals surface area contributed by atoms with E-state index in [1.54, 1.807) is 16.4 Å². The topological polar surface area (TPSA) is 37.4 Å². The molecule has 0 aliphatic carbocycles. The van der Waals surface area contributed by atoms with Crippen LogP contribution in [0.2, 0.25) is 0 Å². The minimum atomic E-state index is -3.59. The summed E-state index contributed by atoms with van der Waals surface area (Å²) in [6.07, 6.45) is 0.727. The minimum Gasteiger partial charge on any atom is -0.207 e. The summed E-state index contributed by atoms with van der Waals surface area (Å²) in [5.41, 5.74) is 4.33. The van der Waals surface area contributed by atoms with Crippen molar-refractivity contribution in [1.82, 2.24) is 4.31 Å². The van der Waals surface area contributed by atoms with E-state index in [1.807, 2.05) is 67.6 Å². The molecular weight excluding hydrogens is 342 g/mol. The predicted octanol–water partition coefficient (Wildman–Crippen LogP) is 4.33. The maximum atomic E-state index is 13.4. The Morgan fingerprint density at radius 2 is 1.50 bits per heavy atom. The van der Waals surface area contributed by atoms with Crippen molar-refractivity contribution in [3.63, 3.8) is 0 Å². The maximum absolute atomic E-state index is 13.4. The number of rotatable bonds is 3. The van der Waals surface area contributed by atoms with Crippen molar-refractivity contribution in [3.8, 4) is 0 Å². The Balaban J connectivity index is 1.86. The molecule has 1 aliphatic heterocycles. The highest BCUT2D eigenvalue weighted by Crippen LogP contribution is 2.38. The molecule has 0 saturated carbocycles. The van der Waals surface area contributed by atoms with Gasteiger partial charge in [-0.2, -0.15) is 4.31 Å². The van der Waals surface area contributed by atoms with Crippen molar-refractivity contribution in [3.05, 3.63) is 101 Å². The lowest BCUT2D eigenvalue weighted by atomic mass is 9.90. The molecule has 0 fully saturated rings. The van der Waals surface area contributed by atoms with Crippen LogP contribution >= 0.6 is 0 Å². The fourth-order valence-corrected chi connectivity index (χ4v) is 5.22. The van der Waals surface area contributed by atoms with Gasteiger partial charge in [0.2, 0.25) is 10.0 Å². The van der Waals surface area contributed by atoms with E-state index in [9.17, 15) is 8.42 Å². The molecule has 0 saturated heterocycles. The highest BCUT2D eigenvalue weighted by molar-refractivity contribution is 7.89. The zero-order chi connectivity index (χ0) is 18.1. The highest BCUT2D eigenvalue weighted by Gasteiger charge is 2.37. The molecule has 3 aromatic carbocycles. The Labute approximate surface area is 155 Å². The van der Waals surface area contributed by atoms with Crippen molar-refractivity contribution in [1.29, 1.82) is 0 Å². The SMILES string of the molecule is Cc1ccc(S(=O)(=O)N2CCc3ccccc3[C@H]2c2ccccc2)cc1. The van der Waals surface area contributed by atoms with E-state index in [0.29, 0.717) is 11.4 Å². The van der Waals surface area contributed by atoms with Crippen molar-refractivity contribution in [2.24, 2.45) is 0 Å². The lowest BCUT2D eigenvalue weighted by Crippen LogP contribution is -2.40. The predicted molar refractivity (Wildman–Crippen MR) is 104 cm³/mol. The molecule has 0 unspecified atom stereocenters. The standard InChI is InChI=1S/C22H21NO2S/c1-17-11-13-20(14-12-17)26(24,25)23-16-15-18-7-5-6-10-21(18)22(23)19-8-3-2-4-9-19/h2-14,22H,15-16H2,1H3/t22-/m1/s1. The molecule has 0 N–H and O–H groups in total. The van der Waals surface area contributed by atoms with E-state index in [0.717, 1.165) is 23.1 Å². The Hall–Kier alpha value is -2.43. The lowest BCUT2D eigenvalue weighted by molar-refractivity contribution is 0.344. The van der Waals surface area contributed by atoms with Crippen LogP contribution in [0.25, 0.3) is 0 Å². The number of benzene rings is 3. The Morgan fingerprint density at radius 3 is 2.23 bits per heavy atom. The number of fused-ring (bicyclic) bond motifs is 1.